The first-order valence-corrected chi connectivity index (χ1v) is 9.70. The van der Waals surface area contributed by atoms with Crippen molar-refractivity contribution in [3.63, 3.8) is 0 Å². The molecule has 0 unspecified atom stereocenters. The summed E-state index contributed by atoms with van der Waals surface area (Å²) in [5.74, 6) is -1.34. The third-order valence-corrected chi connectivity index (χ3v) is 4.60. The van der Waals surface area contributed by atoms with Crippen molar-refractivity contribution >= 4 is 28.8 Å². The van der Waals surface area contributed by atoms with Crippen LogP contribution in [0.3, 0.4) is 0 Å². The quantitative estimate of drug-likeness (QED) is 0.342. The number of benzene rings is 3. The lowest BCUT2D eigenvalue weighted by Gasteiger charge is -2.26. The highest BCUT2D eigenvalue weighted by atomic mass is 19.4. The molecule has 0 radical (unpaired) electrons. The number of nitrogens with one attached hydrogen (secondary N) is 1. The number of nitrogen functional groups attached to an aromatic ring is 1. The first-order chi connectivity index (χ1) is 15.2. The summed E-state index contributed by atoms with van der Waals surface area (Å²) < 4.78 is 58.4. The van der Waals surface area contributed by atoms with Gasteiger partial charge < -0.3 is 15.4 Å². The van der Waals surface area contributed by atoms with Gasteiger partial charge in [-0.3, -0.25) is 5.32 Å². The van der Waals surface area contributed by atoms with Gasteiger partial charge in [-0.15, -0.1) is 0 Å². The van der Waals surface area contributed by atoms with Gasteiger partial charge in [-0.05, 0) is 55.0 Å². The number of hydrogen-bond acceptors (Lipinski definition) is 4. The third-order valence-electron chi connectivity index (χ3n) is 4.60. The average Bonchev–Trinajstić information content (AvgIpc) is 2.74. The zero-order valence-corrected chi connectivity index (χ0v) is 17.1. The van der Waals surface area contributed by atoms with E-state index in [0.717, 1.165) is 12.1 Å². The van der Waals surface area contributed by atoms with Crippen molar-refractivity contribution < 1.29 is 27.1 Å². The number of amides is 1. The molecule has 0 heterocycles. The van der Waals surface area contributed by atoms with Crippen molar-refractivity contribution in [1.29, 1.82) is 0 Å². The average molecular weight is 447 g/mol. The molecule has 0 aliphatic rings. The molecule has 3 N–H and O–H groups in total. The maximum absolute atomic E-state index is 13.8. The topological polar surface area (TPSA) is 67.6 Å². The number of carbonyl (C=O) groups is 1. The predicted octanol–water partition coefficient (Wildman–Crippen LogP) is 6.33. The van der Waals surface area contributed by atoms with Crippen molar-refractivity contribution in [3.05, 3.63) is 83.7 Å². The van der Waals surface area contributed by atoms with E-state index >= 15 is 0 Å². The van der Waals surface area contributed by atoms with E-state index in [0.29, 0.717) is 16.9 Å². The van der Waals surface area contributed by atoms with Crippen LogP contribution in [0.5, 0.6) is 0 Å². The summed E-state index contributed by atoms with van der Waals surface area (Å²) >= 11 is 0. The second-order valence-corrected chi connectivity index (χ2v) is 6.85. The Morgan fingerprint density at radius 3 is 2.38 bits per heavy atom. The van der Waals surface area contributed by atoms with Gasteiger partial charge in [0, 0.05) is 17.9 Å². The maximum Gasteiger partial charge on any atom is 0.419 e. The van der Waals surface area contributed by atoms with Crippen LogP contribution >= 0.6 is 0 Å². The molecule has 32 heavy (non-hydrogen) atoms. The summed E-state index contributed by atoms with van der Waals surface area (Å²) in [5, 5.41) is 2.52. The summed E-state index contributed by atoms with van der Waals surface area (Å²) in [7, 11) is 0. The zero-order chi connectivity index (χ0) is 23.3. The maximum atomic E-state index is 13.8. The minimum atomic E-state index is -4.83. The fourth-order valence-electron chi connectivity index (χ4n) is 3.12. The van der Waals surface area contributed by atoms with Gasteiger partial charge in [0.2, 0.25) is 0 Å². The molecule has 0 bridgehead atoms. The fourth-order valence-corrected chi connectivity index (χ4v) is 3.12. The Morgan fingerprint density at radius 2 is 1.75 bits per heavy atom. The van der Waals surface area contributed by atoms with E-state index in [1.54, 1.807) is 60.4 Å². The van der Waals surface area contributed by atoms with Crippen molar-refractivity contribution in [1.82, 2.24) is 0 Å². The summed E-state index contributed by atoms with van der Waals surface area (Å²) in [6.45, 7) is 2.02. The Kier molecular flexibility index (Phi) is 6.87. The van der Waals surface area contributed by atoms with Gasteiger partial charge in [0.1, 0.15) is 5.82 Å². The highest BCUT2D eigenvalue weighted by Crippen LogP contribution is 2.36. The molecule has 0 saturated heterocycles. The van der Waals surface area contributed by atoms with Crippen LogP contribution in [-0.2, 0) is 17.5 Å². The highest BCUT2D eigenvalue weighted by Gasteiger charge is 2.34. The van der Waals surface area contributed by atoms with Crippen LogP contribution in [0.15, 0.2) is 66.7 Å². The molecule has 3 rings (SSSR count). The summed E-state index contributed by atoms with van der Waals surface area (Å²) in [6, 6.07) is 16.5. The molecule has 0 fully saturated rings. The normalized spacial score (nSPS) is 11.2. The van der Waals surface area contributed by atoms with Crippen molar-refractivity contribution in [2.75, 3.05) is 22.6 Å². The third kappa shape index (κ3) is 5.48. The molecule has 1 amide bonds. The number of nitrogens with two attached hydrogens (primary N) is 1. The Morgan fingerprint density at radius 1 is 1.03 bits per heavy atom. The van der Waals surface area contributed by atoms with E-state index in [-0.39, 0.29) is 24.5 Å². The van der Waals surface area contributed by atoms with Crippen LogP contribution in [0.1, 0.15) is 18.1 Å². The number of halogens is 4. The molecule has 0 aromatic heterocycles. The van der Waals surface area contributed by atoms with Crippen molar-refractivity contribution in [3.8, 4) is 0 Å². The Labute approximate surface area is 182 Å². The summed E-state index contributed by atoms with van der Waals surface area (Å²) in [5.41, 5.74) is 6.74. The predicted molar refractivity (Wildman–Crippen MR) is 115 cm³/mol. The molecule has 0 aliphatic heterocycles. The van der Waals surface area contributed by atoms with Gasteiger partial charge in [-0.1, -0.05) is 24.3 Å². The van der Waals surface area contributed by atoms with Gasteiger partial charge >= 0.3 is 12.3 Å². The van der Waals surface area contributed by atoms with E-state index < -0.39 is 23.7 Å². The number of rotatable bonds is 6. The number of nitrogens with zero attached hydrogens (tertiary/aromatic N) is 1. The number of alkyl halides is 3. The van der Waals surface area contributed by atoms with E-state index in [1.165, 1.54) is 6.07 Å². The van der Waals surface area contributed by atoms with E-state index in [1.807, 2.05) is 0 Å². The first-order valence-electron chi connectivity index (χ1n) is 9.70. The second-order valence-electron chi connectivity index (χ2n) is 6.85. The SMILES string of the molecule is CCOC(=O)Nc1ccc(CN(c2ccccc2)c2ccc(F)c(C(F)(F)F)c2)cc1N. The molecular weight excluding hydrogens is 426 g/mol. The number of carbonyl (C=O) groups excluding carboxylic acids is 1. The van der Waals surface area contributed by atoms with Crippen LogP contribution < -0.4 is 16.0 Å². The number of ether oxygens (including phenoxy) is 1. The lowest BCUT2D eigenvalue weighted by Crippen LogP contribution is -2.19. The first kappa shape index (κ1) is 22.9. The monoisotopic (exact) mass is 447 g/mol. The van der Waals surface area contributed by atoms with Crippen LogP contribution in [0, 0.1) is 5.82 Å². The van der Waals surface area contributed by atoms with Gasteiger partial charge in [0.05, 0.1) is 23.5 Å². The Balaban J connectivity index is 1.95. The van der Waals surface area contributed by atoms with Gasteiger partial charge in [0.15, 0.2) is 0 Å². The highest BCUT2D eigenvalue weighted by molar-refractivity contribution is 5.89. The van der Waals surface area contributed by atoms with Gasteiger partial charge in [0.25, 0.3) is 0 Å². The van der Waals surface area contributed by atoms with Crippen LogP contribution in [0.2, 0.25) is 0 Å². The number of hydrogen-bond donors (Lipinski definition) is 2. The molecule has 0 saturated carbocycles. The van der Waals surface area contributed by atoms with Gasteiger partial charge in [-0.25, -0.2) is 9.18 Å². The van der Waals surface area contributed by atoms with Crippen molar-refractivity contribution in [2.24, 2.45) is 0 Å². The molecule has 5 nitrogen and oxygen atoms in total. The smallest absolute Gasteiger partial charge is 0.419 e. The summed E-state index contributed by atoms with van der Waals surface area (Å²) in [4.78, 5) is 13.2. The zero-order valence-electron chi connectivity index (χ0n) is 17.1. The fraction of sp³-hybridized carbons (Fsp3) is 0.174. The molecule has 3 aromatic carbocycles. The van der Waals surface area contributed by atoms with Crippen LogP contribution in [0.4, 0.5) is 45.1 Å². The minimum absolute atomic E-state index is 0.150. The Bertz CT molecular complexity index is 1090. The van der Waals surface area contributed by atoms with E-state index in [9.17, 15) is 22.4 Å². The molecule has 9 heteroatoms. The molecular formula is C23H21F4N3O2. The standard InChI is InChI=1S/C23H21F4N3O2/c1-2-32-22(31)29-21-11-8-15(12-20(21)28)14-30(16-6-4-3-5-7-16)17-9-10-19(24)18(13-17)23(25,26)27/h3-13H,2,14,28H2,1H3,(H,29,31). The lowest BCUT2D eigenvalue weighted by molar-refractivity contribution is -0.139. The minimum Gasteiger partial charge on any atom is -0.450 e. The molecule has 0 aliphatic carbocycles. The van der Waals surface area contributed by atoms with Gasteiger partial charge in [-0.2, -0.15) is 13.2 Å². The lowest BCUT2D eigenvalue weighted by atomic mass is 10.1. The van der Waals surface area contributed by atoms with Crippen LogP contribution in [0.25, 0.3) is 0 Å². The van der Waals surface area contributed by atoms with E-state index in [4.69, 9.17) is 10.5 Å². The number of anilines is 4. The second kappa shape index (κ2) is 9.59. The largest absolute Gasteiger partial charge is 0.450 e. The van der Waals surface area contributed by atoms with E-state index in [2.05, 4.69) is 5.32 Å². The summed E-state index contributed by atoms with van der Waals surface area (Å²) in [6.07, 6.45) is -5.48. The molecule has 0 atom stereocenters. The molecule has 3 aromatic rings. The molecule has 168 valence electrons. The number of para-hydroxylation sites is 1. The Hall–Kier alpha value is -3.75. The van der Waals surface area contributed by atoms with Crippen molar-refractivity contribution in [2.45, 2.75) is 19.6 Å². The van der Waals surface area contributed by atoms with Crippen LogP contribution in [-0.4, -0.2) is 12.7 Å². The molecule has 0 spiro atoms.